The van der Waals surface area contributed by atoms with Gasteiger partial charge in [0, 0.05) is 32.5 Å². The van der Waals surface area contributed by atoms with E-state index >= 15 is 0 Å². The molecule has 2 rings (SSSR count). The summed E-state index contributed by atoms with van der Waals surface area (Å²) >= 11 is 5.15. The highest BCUT2D eigenvalue weighted by Gasteiger charge is 2.15. The number of nitrogens with one attached hydrogen (secondary N) is 1. The number of hydrogen-bond acceptors (Lipinski definition) is 5. The van der Waals surface area contributed by atoms with E-state index in [1.807, 2.05) is 13.0 Å². The summed E-state index contributed by atoms with van der Waals surface area (Å²) < 4.78 is 6.05. The minimum atomic E-state index is -0.449. The summed E-state index contributed by atoms with van der Waals surface area (Å²) in [4.78, 5) is 12.9. The maximum Gasteiger partial charge on any atom is 0.312 e. The van der Waals surface area contributed by atoms with Crippen LogP contribution in [0.2, 0.25) is 0 Å². The Labute approximate surface area is 128 Å². The van der Waals surface area contributed by atoms with Crippen molar-refractivity contribution in [2.24, 2.45) is 0 Å². The molecule has 0 atom stereocenters. The van der Waals surface area contributed by atoms with Gasteiger partial charge in [-0.25, -0.2) is 0 Å². The quantitative estimate of drug-likeness (QED) is 0.638. The second-order valence-corrected chi connectivity index (χ2v) is 6.31. The van der Waals surface area contributed by atoms with Crippen molar-refractivity contribution < 1.29 is 9.66 Å². The van der Waals surface area contributed by atoms with Crippen molar-refractivity contribution in [1.29, 1.82) is 0 Å². The Morgan fingerprint density at radius 2 is 2.20 bits per heavy atom. The number of halogens is 1. The van der Waals surface area contributed by atoms with Crippen LogP contribution in [-0.4, -0.2) is 12.0 Å². The van der Waals surface area contributed by atoms with Crippen LogP contribution in [0.3, 0.4) is 0 Å². The third-order valence-electron chi connectivity index (χ3n) is 2.75. The van der Waals surface area contributed by atoms with E-state index in [1.165, 1.54) is 18.1 Å². The smallest absolute Gasteiger partial charge is 0.312 e. The third-order valence-corrected chi connectivity index (χ3v) is 4.89. The molecule has 0 bridgehead atoms. The fourth-order valence-electron chi connectivity index (χ4n) is 1.74. The van der Waals surface area contributed by atoms with Gasteiger partial charge in [-0.3, -0.25) is 10.1 Å². The first-order valence-corrected chi connectivity index (χ1v) is 7.43. The maximum absolute atomic E-state index is 10.9. The lowest BCUT2D eigenvalue weighted by atomic mass is 10.2. The first-order chi connectivity index (χ1) is 9.51. The van der Waals surface area contributed by atoms with Crippen molar-refractivity contribution in [2.45, 2.75) is 13.5 Å². The molecule has 0 radical (unpaired) electrons. The highest BCUT2D eigenvalue weighted by molar-refractivity contribution is 9.10. The molecule has 0 fully saturated rings. The number of rotatable bonds is 5. The van der Waals surface area contributed by atoms with Gasteiger partial charge in [-0.05, 0) is 41.1 Å². The molecule has 106 valence electrons. The average Bonchev–Trinajstić information content (AvgIpc) is 2.75. The fourth-order valence-corrected chi connectivity index (χ4v) is 3.28. The predicted octanol–water partition coefficient (Wildman–Crippen LogP) is 4.35. The third kappa shape index (κ3) is 3.29. The molecule has 0 saturated heterocycles. The zero-order valence-corrected chi connectivity index (χ0v) is 13.4. The largest absolute Gasteiger partial charge is 0.490 e. The van der Waals surface area contributed by atoms with Crippen molar-refractivity contribution in [3.63, 3.8) is 0 Å². The van der Waals surface area contributed by atoms with E-state index in [4.69, 9.17) is 4.74 Å². The van der Waals surface area contributed by atoms with Crippen molar-refractivity contribution in [3.8, 4) is 5.75 Å². The molecule has 0 spiro atoms. The van der Waals surface area contributed by atoms with Crippen molar-refractivity contribution >= 4 is 38.6 Å². The van der Waals surface area contributed by atoms with Crippen molar-refractivity contribution in [3.05, 3.63) is 48.6 Å². The van der Waals surface area contributed by atoms with E-state index in [2.05, 4.69) is 21.2 Å². The van der Waals surface area contributed by atoms with Gasteiger partial charge in [0.05, 0.1) is 12.0 Å². The molecule has 5 nitrogen and oxygen atoms in total. The zero-order valence-electron chi connectivity index (χ0n) is 11.0. The van der Waals surface area contributed by atoms with Crippen LogP contribution in [0.4, 0.5) is 11.4 Å². The van der Waals surface area contributed by atoms with Crippen LogP contribution < -0.4 is 10.1 Å². The van der Waals surface area contributed by atoms with Crippen LogP contribution in [0, 0.1) is 17.0 Å². The number of nitrogens with zero attached hydrogens (tertiary/aromatic N) is 1. The second kappa shape index (κ2) is 6.23. The molecular formula is C13H13BrN2O3S. The normalized spacial score (nSPS) is 10.3. The summed E-state index contributed by atoms with van der Waals surface area (Å²) in [6.45, 7) is 2.66. The standard InChI is InChI=1S/C13H13BrN2O3S/c1-8-11(14)6-10(20-8)7-15-9-3-4-13(19-2)12(5-9)16(17)18/h3-6,15H,7H2,1-2H3. The van der Waals surface area contributed by atoms with Crippen LogP contribution in [0.5, 0.6) is 5.75 Å². The number of nitro benzene ring substituents is 1. The van der Waals surface area contributed by atoms with Crippen LogP contribution >= 0.6 is 27.3 Å². The monoisotopic (exact) mass is 356 g/mol. The fraction of sp³-hybridized carbons (Fsp3) is 0.231. The van der Waals surface area contributed by atoms with Gasteiger partial charge >= 0.3 is 5.69 Å². The molecule has 0 aliphatic heterocycles. The molecule has 1 N–H and O–H groups in total. The summed E-state index contributed by atoms with van der Waals surface area (Å²) in [6, 6.07) is 6.89. The Kier molecular flexibility index (Phi) is 4.61. The minimum absolute atomic E-state index is 0.0407. The van der Waals surface area contributed by atoms with Gasteiger partial charge in [0.15, 0.2) is 5.75 Å². The molecule has 0 unspecified atom stereocenters. The van der Waals surface area contributed by atoms with Gasteiger partial charge in [0.1, 0.15) is 0 Å². The number of benzene rings is 1. The van der Waals surface area contributed by atoms with Gasteiger partial charge in [0.2, 0.25) is 0 Å². The van der Waals surface area contributed by atoms with Gasteiger partial charge < -0.3 is 10.1 Å². The minimum Gasteiger partial charge on any atom is -0.490 e. The van der Waals surface area contributed by atoms with E-state index in [1.54, 1.807) is 23.5 Å². The van der Waals surface area contributed by atoms with Gasteiger partial charge in [0.25, 0.3) is 0 Å². The topological polar surface area (TPSA) is 64.4 Å². The number of ether oxygens (including phenoxy) is 1. The lowest BCUT2D eigenvalue weighted by Gasteiger charge is -2.07. The van der Waals surface area contributed by atoms with E-state index < -0.39 is 4.92 Å². The highest BCUT2D eigenvalue weighted by Crippen LogP contribution is 2.31. The van der Waals surface area contributed by atoms with Crippen molar-refractivity contribution in [1.82, 2.24) is 0 Å². The second-order valence-electron chi connectivity index (χ2n) is 4.11. The van der Waals surface area contributed by atoms with E-state index in [-0.39, 0.29) is 11.4 Å². The molecule has 1 aromatic carbocycles. The molecule has 2 aromatic rings. The molecule has 7 heteroatoms. The molecule has 1 aromatic heterocycles. The number of hydrogen-bond donors (Lipinski definition) is 1. The Bertz CT molecular complexity index is 623. The Hall–Kier alpha value is -1.60. The van der Waals surface area contributed by atoms with Crippen LogP contribution in [-0.2, 0) is 6.54 Å². The summed E-state index contributed by atoms with van der Waals surface area (Å²) in [5.41, 5.74) is 0.653. The number of thiophene rings is 1. The Morgan fingerprint density at radius 3 is 2.75 bits per heavy atom. The molecule has 0 amide bonds. The van der Waals surface area contributed by atoms with Crippen molar-refractivity contribution in [2.75, 3.05) is 12.4 Å². The number of methoxy groups -OCH3 is 1. The van der Waals surface area contributed by atoms with Crippen LogP contribution in [0.25, 0.3) is 0 Å². The molecule has 0 saturated carbocycles. The Morgan fingerprint density at radius 1 is 1.45 bits per heavy atom. The Balaban J connectivity index is 2.13. The lowest BCUT2D eigenvalue weighted by molar-refractivity contribution is -0.385. The SMILES string of the molecule is COc1ccc(NCc2cc(Br)c(C)s2)cc1[N+](=O)[O-]. The predicted molar refractivity (Wildman–Crippen MR) is 83.7 cm³/mol. The van der Waals surface area contributed by atoms with Crippen LogP contribution in [0.1, 0.15) is 9.75 Å². The van der Waals surface area contributed by atoms with Gasteiger partial charge in [-0.2, -0.15) is 0 Å². The average molecular weight is 357 g/mol. The number of anilines is 1. The summed E-state index contributed by atoms with van der Waals surface area (Å²) in [5.74, 6) is 0.260. The molecule has 20 heavy (non-hydrogen) atoms. The summed E-state index contributed by atoms with van der Waals surface area (Å²) in [5, 5.41) is 14.1. The first kappa shape index (κ1) is 14.8. The van der Waals surface area contributed by atoms with E-state index in [0.717, 1.165) is 9.35 Å². The first-order valence-electron chi connectivity index (χ1n) is 5.82. The van der Waals surface area contributed by atoms with Gasteiger partial charge in [-0.1, -0.05) is 0 Å². The molecule has 0 aliphatic carbocycles. The maximum atomic E-state index is 10.9. The highest BCUT2D eigenvalue weighted by atomic mass is 79.9. The van der Waals surface area contributed by atoms with E-state index in [9.17, 15) is 10.1 Å². The molecular weight excluding hydrogens is 344 g/mol. The lowest BCUT2D eigenvalue weighted by Crippen LogP contribution is -1.99. The summed E-state index contributed by atoms with van der Waals surface area (Å²) in [7, 11) is 1.42. The molecule has 1 heterocycles. The van der Waals surface area contributed by atoms with Gasteiger partial charge in [-0.15, -0.1) is 11.3 Å². The molecule has 0 aliphatic rings. The van der Waals surface area contributed by atoms with Crippen LogP contribution in [0.15, 0.2) is 28.7 Å². The van der Waals surface area contributed by atoms with E-state index in [0.29, 0.717) is 12.2 Å². The summed E-state index contributed by atoms with van der Waals surface area (Å²) in [6.07, 6.45) is 0. The zero-order chi connectivity index (χ0) is 14.7. The number of nitro groups is 1. The number of aryl methyl sites for hydroxylation is 1.